The van der Waals surface area contributed by atoms with Gasteiger partial charge in [-0.1, -0.05) is 23.4 Å². The number of hydrogen-bond donors (Lipinski definition) is 2. The zero-order valence-corrected chi connectivity index (χ0v) is 15.9. The number of nitrogens with zero attached hydrogens (tertiary/aromatic N) is 3. The molecule has 10 heteroatoms. The maximum Gasteiger partial charge on any atom is 0.273 e. The highest BCUT2D eigenvalue weighted by molar-refractivity contribution is 7.99. The lowest BCUT2D eigenvalue weighted by molar-refractivity contribution is -0.119. The van der Waals surface area contributed by atoms with Gasteiger partial charge in [-0.15, -0.1) is 10.2 Å². The number of halogens is 1. The van der Waals surface area contributed by atoms with Crippen molar-refractivity contribution >= 4 is 35.2 Å². The minimum Gasteiger partial charge on any atom is -0.496 e. The largest absolute Gasteiger partial charge is 0.496 e. The van der Waals surface area contributed by atoms with E-state index in [0.717, 1.165) is 18.7 Å². The summed E-state index contributed by atoms with van der Waals surface area (Å²) in [6.45, 7) is 0. The molecule has 138 valence electrons. The van der Waals surface area contributed by atoms with Gasteiger partial charge in [-0.05, 0) is 31.0 Å². The third-order valence-electron chi connectivity index (χ3n) is 3.87. The highest BCUT2D eigenvalue weighted by Crippen LogP contribution is 2.39. The molecule has 0 atom stereocenters. The van der Waals surface area contributed by atoms with Crippen molar-refractivity contribution in [3.8, 4) is 5.75 Å². The molecule has 0 radical (unpaired) electrons. The van der Waals surface area contributed by atoms with Crippen LogP contribution in [0.5, 0.6) is 5.75 Å². The van der Waals surface area contributed by atoms with Crippen LogP contribution in [-0.2, 0) is 11.8 Å². The molecule has 1 fully saturated rings. The molecule has 1 aliphatic carbocycles. The summed E-state index contributed by atoms with van der Waals surface area (Å²) in [6.07, 6.45) is 2.27. The topological polar surface area (TPSA) is 98.1 Å². The number of ether oxygens (including phenoxy) is 1. The molecule has 0 spiro atoms. The Bertz CT molecular complexity index is 837. The first-order chi connectivity index (χ1) is 12.5. The third kappa shape index (κ3) is 4.28. The molecule has 1 aliphatic rings. The van der Waals surface area contributed by atoms with Gasteiger partial charge in [0.1, 0.15) is 11.6 Å². The van der Waals surface area contributed by atoms with Crippen molar-refractivity contribution in [2.75, 3.05) is 12.9 Å². The molecule has 2 N–H and O–H groups in total. The summed E-state index contributed by atoms with van der Waals surface area (Å²) in [5, 5.41) is 9.33. The second-order valence-corrected chi connectivity index (χ2v) is 7.19. The minimum atomic E-state index is -0.516. The highest BCUT2D eigenvalue weighted by atomic mass is 35.5. The number of hydrazine groups is 1. The van der Waals surface area contributed by atoms with Gasteiger partial charge in [-0.25, -0.2) is 0 Å². The van der Waals surface area contributed by atoms with E-state index >= 15 is 0 Å². The molecule has 0 bridgehead atoms. The number of hydrogen-bond acceptors (Lipinski definition) is 6. The number of aromatic nitrogens is 3. The van der Waals surface area contributed by atoms with Gasteiger partial charge in [0.05, 0.1) is 18.4 Å². The summed E-state index contributed by atoms with van der Waals surface area (Å²) < 4.78 is 7.03. The number of methoxy groups -OCH3 is 1. The van der Waals surface area contributed by atoms with Crippen LogP contribution in [0.3, 0.4) is 0 Å². The molecule has 1 saturated carbocycles. The van der Waals surface area contributed by atoms with E-state index in [9.17, 15) is 9.59 Å². The van der Waals surface area contributed by atoms with E-state index < -0.39 is 5.91 Å². The van der Waals surface area contributed by atoms with Crippen LogP contribution in [0.2, 0.25) is 5.02 Å². The molecule has 2 aromatic rings. The Hall–Kier alpha value is -2.26. The van der Waals surface area contributed by atoms with Crippen molar-refractivity contribution in [3.05, 3.63) is 34.6 Å². The van der Waals surface area contributed by atoms with E-state index in [1.54, 1.807) is 12.1 Å². The second kappa shape index (κ2) is 7.96. The van der Waals surface area contributed by atoms with Crippen molar-refractivity contribution in [3.63, 3.8) is 0 Å². The fourth-order valence-electron chi connectivity index (χ4n) is 2.37. The van der Waals surface area contributed by atoms with E-state index in [2.05, 4.69) is 21.0 Å². The molecular formula is C16H18ClN5O3S. The van der Waals surface area contributed by atoms with Crippen LogP contribution in [-0.4, -0.2) is 39.4 Å². The van der Waals surface area contributed by atoms with E-state index in [4.69, 9.17) is 16.3 Å². The Balaban J connectivity index is 1.51. The number of benzene rings is 1. The van der Waals surface area contributed by atoms with E-state index in [0.29, 0.717) is 21.8 Å². The molecule has 0 saturated heterocycles. The Morgan fingerprint density at radius 1 is 1.35 bits per heavy atom. The van der Waals surface area contributed by atoms with Crippen LogP contribution >= 0.6 is 23.4 Å². The summed E-state index contributed by atoms with van der Waals surface area (Å²) in [5.41, 5.74) is 4.95. The maximum absolute atomic E-state index is 12.2. The van der Waals surface area contributed by atoms with Gasteiger partial charge in [0.25, 0.3) is 5.91 Å². The average Bonchev–Trinajstić information content (AvgIpc) is 3.41. The Kier molecular flexibility index (Phi) is 5.67. The number of nitrogens with one attached hydrogen (secondary N) is 2. The van der Waals surface area contributed by atoms with Crippen LogP contribution in [0.15, 0.2) is 23.4 Å². The molecular weight excluding hydrogens is 378 g/mol. The Morgan fingerprint density at radius 3 is 2.81 bits per heavy atom. The zero-order chi connectivity index (χ0) is 18.7. The number of thioether (sulfide) groups is 1. The van der Waals surface area contributed by atoms with Gasteiger partial charge in [0.15, 0.2) is 5.16 Å². The highest BCUT2D eigenvalue weighted by Gasteiger charge is 2.29. The van der Waals surface area contributed by atoms with Crippen molar-refractivity contribution in [2.24, 2.45) is 7.05 Å². The smallest absolute Gasteiger partial charge is 0.273 e. The average molecular weight is 396 g/mol. The molecule has 1 heterocycles. The Morgan fingerprint density at radius 2 is 2.12 bits per heavy atom. The summed E-state index contributed by atoms with van der Waals surface area (Å²) in [6, 6.07) is 4.67. The predicted octanol–water partition coefficient (Wildman–Crippen LogP) is 1.91. The number of rotatable bonds is 6. The quantitative estimate of drug-likeness (QED) is 0.572. The van der Waals surface area contributed by atoms with Gasteiger partial charge >= 0.3 is 0 Å². The van der Waals surface area contributed by atoms with Crippen LogP contribution in [0.4, 0.5) is 0 Å². The fourth-order valence-corrected chi connectivity index (χ4v) is 3.26. The normalized spacial score (nSPS) is 13.3. The number of amides is 2. The maximum atomic E-state index is 12.2. The first kappa shape index (κ1) is 18.5. The lowest BCUT2D eigenvalue weighted by Crippen LogP contribution is -2.42. The molecule has 3 rings (SSSR count). The molecule has 26 heavy (non-hydrogen) atoms. The summed E-state index contributed by atoms with van der Waals surface area (Å²) in [4.78, 5) is 24.2. The van der Waals surface area contributed by atoms with Crippen molar-refractivity contribution in [1.82, 2.24) is 25.6 Å². The third-order valence-corrected chi connectivity index (χ3v) is 5.12. The van der Waals surface area contributed by atoms with Crippen LogP contribution < -0.4 is 15.6 Å². The van der Waals surface area contributed by atoms with Crippen LogP contribution in [0.1, 0.15) is 34.9 Å². The van der Waals surface area contributed by atoms with Gasteiger partial charge in [-0.3, -0.25) is 20.4 Å². The SMILES string of the molecule is COc1ccc(Cl)cc1C(=O)NNC(=O)CSc1nnc(C2CC2)n1C. The van der Waals surface area contributed by atoms with Crippen molar-refractivity contribution in [1.29, 1.82) is 0 Å². The van der Waals surface area contributed by atoms with E-state index in [1.165, 1.54) is 24.9 Å². The van der Waals surface area contributed by atoms with Gasteiger partial charge in [0, 0.05) is 18.0 Å². The molecule has 0 unspecified atom stereocenters. The van der Waals surface area contributed by atoms with Gasteiger partial charge < -0.3 is 9.30 Å². The standard InChI is InChI=1S/C16H18ClN5O3S/c1-22-14(9-3-4-9)19-21-16(22)26-8-13(23)18-20-15(24)11-7-10(17)5-6-12(11)25-2/h5-7,9H,3-4,8H2,1-2H3,(H,18,23)(H,20,24). The van der Waals surface area contributed by atoms with E-state index in [1.807, 2.05) is 11.6 Å². The molecule has 8 nitrogen and oxygen atoms in total. The second-order valence-electron chi connectivity index (χ2n) is 5.81. The monoisotopic (exact) mass is 395 g/mol. The fraction of sp³-hybridized carbons (Fsp3) is 0.375. The lowest BCUT2D eigenvalue weighted by atomic mass is 10.2. The van der Waals surface area contributed by atoms with Crippen LogP contribution in [0, 0.1) is 0 Å². The van der Waals surface area contributed by atoms with Crippen molar-refractivity contribution in [2.45, 2.75) is 23.9 Å². The number of carbonyl (C=O) groups is 2. The summed E-state index contributed by atoms with van der Waals surface area (Å²) >= 11 is 7.16. The summed E-state index contributed by atoms with van der Waals surface area (Å²) in [7, 11) is 3.34. The minimum absolute atomic E-state index is 0.101. The zero-order valence-electron chi connectivity index (χ0n) is 14.3. The molecule has 1 aromatic carbocycles. The first-order valence-corrected chi connectivity index (χ1v) is 9.30. The molecule has 0 aliphatic heterocycles. The van der Waals surface area contributed by atoms with Crippen LogP contribution in [0.25, 0.3) is 0 Å². The first-order valence-electron chi connectivity index (χ1n) is 7.94. The molecule has 1 aromatic heterocycles. The Labute approximate surface area is 159 Å². The molecule has 2 amide bonds. The predicted molar refractivity (Wildman–Crippen MR) is 97.3 cm³/mol. The summed E-state index contributed by atoms with van der Waals surface area (Å²) in [5.74, 6) is 1.03. The van der Waals surface area contributed by atoms with Crippen molar-refractivity contribution < 1.29 is 14.3 Å². The van der Waals surface area contributed by atoms with Gasteiger partial charge in [-0.2, -0.15) is 0 Å². The number of carbonyl (C=O) groups excluding carboxylic acids is 2. The van der Waals surface area contributed by atoms with Gasteiger partial charge in [0.2, 0.25) is 5.91 Å². The van der Waals surface area contributed by atoms with E-state index in [-0.39, 0.29) is 17.2 Å². The lowest BCUT2D eigenvalue weighted by Gasteiger charge is -2.10.